The average Bonchev–Trinajstić information content (AvgIpc) is 2.71. The third-order valence-electron chi connectivity index (χ3n) is 4.58. The molecule has 1 aliphatic rings. The van der Waals surface area contributed by atoms with Gasteiger partial charge in [-0.1, -0.05) is 31.4 Å². The van der Waals surface area contributed by atoms with Crippen LogP contribution in [-0.2, 0) is 4.74 Å². The van der Waals surface area contributed by atoms with Crippen LogP contribution < -0.4 is 10.6 Å². The largest absolute Gasteiger partial charge is 0.508 e. The predicted molar refractivity (Wildman–Crippen MR) is 99.7 cm³/mol. The fraction of sp³-hybridized carbons (Fsp3) is 0.650. The van der Waals surface area contributed by atoms with Gasteiger partial charge in [0.1, 0.15) is 11.4 Å². The van der Waals surface area contributed by atoms with Crippen LogP contribution in [0.5, 0.6) is 5.75 Å². The predicted octanol–water partition coefficient (Wildman–Crippen LogP) is 4.27. The van der Waals surface area contributed by atoms with Crippen molar-refractivity contribution in [1.29, 1.82) is 0 Å². The Morgan fingerprint density at radius 3 is 2.32 bits per heavy atom. The van der Waals surface area contributed by atoms with E-state index in [4.69, 9.17) is 4.74 Å². The van der Waals surface area contributed by atoms with Gasteiger partial charge in [0, 0.05) is 18.1 Å². The zero-order valence-electron chi connectivity index (χ0n) is 15.8. The maximum absolute atomic E-state index is 12.2. The van der Waals surface area contributed by atoms with Crippen molar-refractivity contribution in [2.24, 2.45) is 0 Å². The van der Waals surface area contributed by atoms with Crippen molar-refractivity contribution >= 4 is 6.09 Å². The molecule has 0 aromatic heterocycles. The summed E-state index contributed by atoms with van der Waals surface area (Å²) in [4.78, 5) is 12.2. The number of alkyl carbamates (subject to hydrolysis) is 1. The number of phenols is 1. The van der Waals surface area contributed by atoms with Crippen LogP contribution in [0.15, 0.2) is 24.3 Å². The molecule has 0 radical (unpaired) electrons. The second kappa shape index (κ2) is 8.56. The molecule has 0 spiro atoms. The number of rotatable bonds is 4. The summed E-state index contributed by atoms with van der Waals surface area (Å²) in [5.41, 5.74) is 0.634. The molecule has 25 heavy (non-hydrogen) atoms. The number of amides is 1. The van der Waals surface area contributed by atoms with Gasteiger partial charge in [-0.05, 0) is 58.2 Å². The van der Waals surface area contributed by atoms with E-state index in [9.17, 15) is 9.90 Å². The maximum Gasteiger partial charge on any atom is 0.407 e. The van der Waals surface area contributed by atoms with Crippen LogP contribution in [-0.4, -0.2) is 28.9 Å². The first-order chi connectivity index (χ1) is 11.7. The van der Waals surface area contributed by atoms with Crippen LogP contribution in [0.3, 0.4) is 0 Å². The maximum atomic E-state index is 12.2. The highest BCUT2D eigenvalue weighted by atomic mass is 16.6. The van der Waals surface area contributed by atoms with E-state index < -0.39 is 5.60 Å². The van der Waals surface area contributed by atoms with Crippen molar-refractivity contribution in [1.82, 2.24) is 10.6 Å². The molecule has 1 aromatic rings. The number of carbonyl (C=O) groups excluding carboxylic acids is 1. The van der Waals surface area contributed by atoms with Crippen LogP contribution >= 0.6 is 0 Å². The second-order valence-corrected chi connectivity index (χ2v) is 7.98. The molecule has 0 heterocycles. The van der Waals surface area contributed by atoms with Crippen molar-refractivity contribution in [3.8, 4) is 5.75 Å². The number of hydrogen-bond donors (Lipinski definition) is 3. The molecule has 0 bridgehead atoms. The molecule has 2 rings (SSSR count). The van der Waals surface area contributed by atoms with E-state index >= 15 is 0 Å². The molecule has 1 amide bonds. The van der Waals surface area contributed by atoms with E-state index in [0.29, 0.717) is 0 Å². The number of carbonyl (C=O) groups is 1. The van der Waals surface area contributed by atoms with Crippen LogP contribution in [0, 0.1) is 0 Å². The number of aromatic hydroxyl groups is 1. The Morgan fingerprint density at radius 1 is 1.12 bits per heavy atom. The molecule has 1 aliphatic carbocycles. The lowest BCUT2D eigenvalue weighted by Crippen LogP contribution is -2.51. The average molecular weight is 348 g/mol. The van der Waals surface area contributed by atoms with Crippen molar-refractivity contribution < 1.29 is 14.6 Å². The second-order valence-electron chi connectivity index (χ2n) is 7.98. The van der Waals surface area contributed by atoms with Crippen LogP contribution in [0.2, 0.25) is 0 Å². The Balaban J connectivity index is 2.01. The van der Waals surface area contributed by atoms with Gasteiger partial charge in [-0.2, -0.15) is 0 Å². The summed E-state index contributed by atoms with van der Waals surface area (Å²) in [6.07, 6.45) is 5.11. The summed E-state index contributed by atoms with van der Waals surface area (Å²) in [6.45, 7) is 7.74. The number of hydrogen-bond acceptors (Lipinski definition) is 4. The van der Waals surface area contributed by atoms with Crippen LogP contribution in [0.1, 0.15) is 71.4 Å². The van der Waals surface area contributed by atoms with E-state index in [2.05, 4.69) is 17.6 Å². The molecule has 3 N–H and O–H groups in total. The topological polar surface area (TPSA) is 70.6 Å². The van der Waals surface area contributed by atoms with E-state index in [1.807, 2.05) is 32.9 Å². The van der Waals surface area contributed by atoms with Gasteiger partial charge in [-0.3, -0.25) is 0 Å². The summed E-state index contributed by atoms with van der Waals surface area (Å²) in [5, 5.41) is 16.2. The monoisotopic (exact) mass is 348 g/mol. The highest BCUT2D eigenvalue weighted by molar-refractivity contribution is 5.68. The zero-order chi connectivity index (χ0) is 18.4. The third-order valence-corrected chi connectivity index (χ3v) is 4.58. The van der Waals surface area contributed by atoms with Gasteiger partial charge in [-0.15, -0.1) is 0 Å². The molecule has 0 saturated heterocycles. The molecule has 5 heteroatoms. The molecule has 5 nitrogen and oxygen atoms in total. The molecule has 1 fully saturated rings. The van der Waals surface area contributed by atoms with Gasteiger partial charge in [0.05, 0.1) is 0 Å². The highest BCUT2D eigenvalue weighted by Crippen LogP contribution is 2.23. The van der Waals surface area contributed by atoms with Gasteiger partial charge >= 0.3 is 6.09 Å². The summed E-state index contributed by atoms with van der Waals surface area (Å²) < 4.78 is 5.43. The minimum absolute atomic E-state index is 0.0666. The quantitative estimate of drug-likeness (QED) is 0.711. The minimum Gasteiger partial charge on any atom is -0.508 e. The lowest BCUT2D eigenvalue weighted by Gasteiger charge is -2.31. The Bertz CT molecular complexity index is 551. The lowest BCUT2D eigenvalue weighted by atomic mass is 10.00. The summed E-state index contributed by atoms with van der Waals surface area (Å²) in [6, 6.07) is 7.69. The third kappa shape index (κ3) is 6.58. The van der Waals surface area contributed by atoms with Gasteiger partial charge in [0.2, 0.25) is 0 Å². The first-order valence-corrected chi connectivity index (χ1v) is 9.29. The molecule has 1 aromatic carbocycles. The Morgan fingerprint density at radius 2 is 1.72 bits per heavy atom. The van der Waals surface area contributed by atoms with Gasteiger partial charge in [-0.25, -0.2) is 4.79 Å². The Kier molecular flexibility index (Phi) is 6.71. The highest BCUT2D eigenvalue weighted by Gasteiger charge is 2.28. The molecule has 1 saturated carbocycles. The summed E-state index contributed by atoms with van der Waals surface area (Å²) >= 11 is 0. The first kappa shape index (κ1) is 19.6. The van der Waals surface area contributed by atoms with Crippen LogP contribution in [0.25, 0.3) is 0 Å². The molecular weight excluding hydrogens is 316 g/mol. The smallest absolute Gasteiger partial charge is 0.407 e. The van der Waals surface area contributed by atoms with E-state index in [-0.39, 0.29) is 30.0 Å². The van der Waals surface area contributed by atoms with Gasteiger partial charge < -0.3 is 20.5 Å². The van der Waals surface area contributed by atoms with Gasteiger partial charge in [0.15, 0.2) is 0 Å². The van der Waals surface area contributed by atoms with Crippen molar-refractivity contribution in [3.05, 3.63) is 29.8 Å². The minimum atomic E-state index is -0.489. The zero-order valence-corrected chi connectivity index (χ0v) is 15.8. The summed E-state index contributed by atoms with van der Waals surface area (Å²) in [5.74, 6) is 0.273. The normalized spacial score (nSPS) is 22.7. The number of phenolic OH excluding ortho intramolecular Hbond substituents is 1. The Labute approximate surface area is 151 Å². The van der Waals surface area contributed by atoms with Gasteiger partial charge in [0.25, 0.3) is 0 Å². The molecule has 140 valence electrons. The Hall–Kier alpha value is -1.75. The fourth-order valence-electron chi connectivity index (χ4n) is 3.32. The molecular formula is C20H32N2O3. The van der Waals surface area contributed by atoms with Crippen molar-refractivity contribution in [2.75, 3.05) is 0 Å². The standard InChI is InChI=1S/C20H32N2O3/c1-14(15-10-12-16(23)13-11-15)21-17-8-6-5-7-9-18(17)22-19(24)25-20(2,3)4/h10-14,17-18,21,23H,5-9H2,1-4H3,(H,22,24). The molecule has 3 unspecified atom stereocenters. The van der Waals surface area contributed by atoms with E-state index in [0.717, 1.165) is 31.2 Å². The number of ether oxygens (including phenoxy) is 1. The molecule has 0 aliphatic heterocycles. The SMILES string of the molecule is CC(NC1CCCCCC1NC(=O)OC(C)(C)C)c1ccc(O)cc1. The lowest BCUT2D eigenvalue weighted by molar-refractivity contribution is 0.0488. The fourth-order valence-corrected chi connectivity index (χ4v) is 3.32. The number of nitrogens with one attached hydrogen (secondary N) is 2. The van der Waals surface area contributed by atoms with Crippen molar-refractivity contribution in [2.45, 2.75) is 83.5 Å². The first-order valence-electron chi connectivity index (χ1n) is 9.29. The summed E-state index contributed by atoms with van der Waals surface area (Å²) in [7, 11) is 0. The van der Waals surface area contributed by atoms with Crippen molar-refractivity contribution in [3.63, 3.8) is 0 Å². The van der Waals surface area contributed by atoms with Crippen LogP contribution in [0.4, 0.5) is 4.79 Å². The van der Waals surface area contributed by atoms with E-state index in [1.54, 1.807) is 12.1 Å². The number of benzene rings is 1. The van der Waals surface area contributed by atoms with E-state index in [1.165, 1.54) is 6.42 Å². The molecule has 3 atom stereocenters.